The molecule has 0 aromatic rings. The largest absolute Gasteiger partial charge is 0.300 e. The van der Waals surface area contributed by atoms with Gasteiger partial charge in [0, 0.05) is 12.6 Å². The van der Waals surface area contributed by atoms with Crippen molar-refractivity contribution >= 4 is 0 Å². The summed E-state index contributed by atoms with van der Waals surface area (Å²) in [5, 5.41) is 0. The van der Waals surface area contributed by atoms with Crippen LogP contribution in [-0.4, -0.2) is 24.0 Å². The van der Waals surface area contributed by atoms with Crippen LogP contribution in [0.2, 0.25) is 0 Å². The van der Waals surface area contributed by atoms with Crippen molar-refractivity contribution in [1.29, 1.82) is 0 Å². The Morgan fingerprint density at radius 1 is 1.15 bits per heavy atom. The molecule has 4 atom stereocenters. The molecule has 1 saturated carbocycles. The molecule has 0 aromatic carbocycles. The average molecular weight is 181 g/mol. The van der Waals surface area contributed by atoms with E-state index in [1.54, 1.807) is 0 Å². The van der Waals surface area contributed by atoms with Crippen molar-refractivity contribution in [3.05, 3.63) is 0 Å². The Labute approximate surface area is 82.5 Å². The highest BCUT2D eigenvalue weighted by molar-refractivity contribution is 4.88. The summed E-state index contributed by atoms with van der Waals surface area (Å²) < 4.78 is 0. The van der Waals surface area contributed by atoms with Crippen LogP contribution in [0.15, 0.2) is 0 Å². The molecule has 1 aliphatic heterocycles. The maximum atomic E-state index is 2.72. The fourth-order valence-corrected chi connectivity index (χ4v) is 2.68. The second kappa shape index (κ2) is 3.61. The zero-order chi connectivity index (χ0) is 9.42. The van der Waals surface area contributed by atoms with Crippen molar-refractivity contribution in [2.45, 2.75) is 46.1 Å². The summed E-state index contributed by atoms with van der Waals surface area (Å²) in [7, 11) is 0. The Morgan fingerprint density at radius 2 is 1.85 bits per heavy atom. The highest BCUT2D eigenvalue weighted by Crippen LogP contribution is 2.39. The van der Waals surface area contributed by atoms with E-state index in [-0.39, 0.29) is 0 Å². The molecule has 1 heterocycles. The molecule has 13 heavy (non-hydrogen) atoms. The number of likely N-dealkylation sites (tertiary alicyclic amines) is 1. The standard InChI is InChI=1S/C12H23N/c1-9-4-5-13(11(3)6-9)8-12-7-10(12)2/h9-12H,4-8H2,1-3H3. The van der Waals surface area contributed by atoms with Crippen LogP contribution in [0, 0.1) is 17.8 Å². The lowest BCUT2D eigenvalue weighted by Gasteiger charge is -2.36. The van der Waals surface area contributed by atoms with Gasteiger partial charge in [-0.15, -0.1) is 0 Å². The van der Waals surface area contributed by atoms with Gasteiger partial charge in [-0.1, -0.05) is 13.8 Å². The molecule has 2 aliphatic rings. The van der Waals surface area contributed by atoms with Gasteiger partial charge < -0.3 is 4.90 Å². The van der Waals surface area contributed by atoms with Crippen LogP contribution in [0.25, 0.3) is 0 Å². The molecule has 4 unspecified atom stereocenters. The van der Waals surface area contributed by atoms with Crippen molar-refractivity contribution in [2.24, 2.45) is 17.8 Å². The SMILES string of the molecule is CC1CCN(CC2CC2C)C(C)C1. The van der Waals surface area contributed by atoms with E-state index in [2.05, 4.69) is 25.7 Å². The van der Waals surface area contributed by atoms with Gasteiger partial charge in [0.1, 0.15) is 0 Å². The van der Waals surface area contributed by atoms with E-state index in [9.17, 15) is 0 Å². The van der Waals surface area contributed by atoms with Crippen LogP contribution in [0.1, 0.15) is 40.0 Å². The van der Waals surface area contributed by atoms with E-state index < -0.39 is 0 Å². The minimum atomic E-state index is 0.844. The van der Waals surface area contributed by atoms with Crippen LogP contribution < -0.4 is 0 Å². The zero-order valence-corrected chi connectivity index (χ0v) is 9.29. The molecular weight excluding hydrogens is 158 g/mol. The van der Waals surface area contributed by atoms with Gasteiger partial charge >= 0.3 is 0 Å². The van der Waals surface area contributed by atoms with Gasteiger partial charge in [0.05, 0.1) is 0 Å². The highest BCUT2D eigenvalue weighted by Gasteiger charge is 2.35. The minimum absolute atomic E-state index is 0.844. The molecule has 0 spiro atoms. The van der Waals surface area contributed by atoms with Gasteiger partial charge in [-0.25, -0.2) is 0 Å². The lowest BCUT2D eigenvalue weighted by atomic mass is 9.93. The second-order valence-corrected chi connectivity index (χ2v) is 5.45. The van der Waals surface area contributed by atoms with Crippen molar-refractivity contribution in [2.75, 3.05) is 13.1 Å². The molecule has 1 saturated heterocycles. The van der Waals surface area contributed by atoms with Gasteiger partial charge in [0.25, 0.3) is 0 Å². The number of piperidine rings is 1. The van der Waals surface area contributed by atoms with Crippen molar-refractivity contribution < 1.29 is 0 Å². The summed E-state index contributed by atoms with van der Waals surface area (Å²) in [6.45, 7) is 9.93. The van der Waals surface area contributed by atoms with E-state index in [1.165, 1.54) is 32.4 Å². The molecular formula is C12H23N. The highest BCUT2D eigenvalue weighted by atomic mass is 15.2. The smallest absolute Gasteiger partial charge is 0.00695 e. The molecule has 2 rings (SSSR count). The predicted molar refractivity (Wildman–Crippen MR) is 56.7 cm³/mol. The summed E-state index contributed by atoms with van der Waals surface area (Å²) >= 11 is 0. The van der Waals surface area contributed by atoms with E-state index >= 15 is 0 Å². The number of hydrogen-bond donors (Lipinski definition) is 0. The van der Waals surface area contributed by atoms with Crippen LogP contribution in [0.4, 0.5) is 0 Å². The predicted octanol–water partition coefficient (Wildman–Crippen LogP) is 2.76. The van der Waals surface area contributed by atoms with Crippen LogP contribution in [-0.2, 0) is 0 Å². The molecule has 1 aliphatic carbocycles. The summed E-state index contributed by atoms with van der Waals surface area (Å²) in [4.78, 5) is 2.72. The summed E-state index contributed by atoms with van der Waals surface area (Å²) in [5.41, 5.74) is 0. The van der Waals surface area contributed by atoms with E-state index in [0.717, 1.165) is 23.8 Å². The summed E-state index contributed by atoms with van der Waals surface area (Å²) in [6, 6.07) is 0.844. The first-order chi connectivity index (χ1) is 6.16. The molecule has 0 bridgehead atoms. The molecule has 1 nitrogen and oxygen atoms in total. The third-order valence-corrected chi connectivity index (χ3v) is 4.02. The normalized spacial score (nSPS) is 46.4. The molecule has 0 amide bonds. The summed E-state index contributed by atoms with van der Waals surface area (Å²) in [6.07, 6.45) is 4.32. The first-order valence-electron chi connectivity index (χ1n) is 5.91. The maximum Gasteiger partial charge on any atom is 0.00695 e. The van der Waals surface area contributed by atoms with E-state index in [1.807, 2.05) is 0 Å². The number of rotatable bonds is 2. The summed E-state index contributed by atoms with van der Waals surface area (Å²) in [5.74, 6) is 3.02. The van der Waals surface area contributed by atoms with Crippen molar-refractivity contribution in [3.8, 4) is 0 Å². The average Bonchev–Trinajstić information content (AvgIpc) is 2.73. The molecule has 2 fully saturated rings. The topological polar surface area (TPSA) is 3.24 Å². The van der Waals surface area contributed by atoms with Gasteiger partial charge in [-0.3, -0.25) is 0 Å². The Morgan fingerprint density at radius 3 is 2.38 bits per heavy atom. The molecule has 0 radical (unpaired) electrons. The molecule has 1 heteroatoms. The van der Waals surface area contributed by atoms with E-state index in [4.69, 9.17) is 0 Å². The van der Waals surface area contributed by atoms with Gasteiger partial charge in [-0.2, -0.15) is 0 Å². The van der Waals surface area contributed by atoms with Crippen LogP contribution in [0.3, 0.4) is 0 Å². The Balaban J connectivity index is 1.78. The first-order valence-corrected chi connectivity index (χ1v) is 5.91. The van der Waals surface area contributed by atoms with Crippen LogP contribution >= 0.6 is 0 Å². The third-order valence-electron chi connectivity index (χ3n) is 4.02. The monoisotopic (exact) mass is 181 g/mol. The van der Waals surface area contributed by atoms with E-state index in [0.29, 0.717) is 0 Å². The Kier molecular flexibility index (Phi) is 2.64. The maximum absolute atomic E-state index is 2.72. The Hall–Kier alpha value is -0.0400. The molecule has 0 N–H and O–H groups in total. The third kappa shape index (κ3) is 2.25. The van der Waals surface area contributed by atoms with Gasteiger partial charge in [0.2, 0.25) is 0 Å². The van der Waals surface area contributed by atoms with Gasteiger partial charge in [-0.05, 0) is 50.5 Å². The first kappa shape index (κ1) is 9.51. The zero-order valence-electron chi connectivity index (χ0n) is 9.29. The fourth-order valence-electron chi connectivity index (χ4n) is 2.68. The van der Waals surface area contributed by atoms with Crippen molar-refractivity contribution in [3.63, 3.8) is 0 Å². The lowest BCUT2D eigenvalue weighted by molar-refractivity contribution is 0.122. The number of nitrogens with zero attached hydrogens (tertiary/aromatic N) is 1. The molecule has 76 valence electrons. The lowest BCUT2D eigenvalue weighted by Crippen LogP contribution is -2.41. The minimum Gasteiger partial charge on any atom is -0.300 e. The number of hydrogen-bond acceptors (Lipinski definition) is 1. The Bertz CT molecular complexity index is 178. The van der Waals surface area contributed by atoms with Crippen molar-refractivity contribution in [1.82, 2.24) is 4.90 Å². The van der Waals surface area contributed by atoms with Gasteiger partial charge in [0.15, 0.2) is 0 Å². The second-order valence-electron chi connectivity index (χ2n) is 5.45. The fraction of sp³-hybridized carbons (Fsp3) is 1.00. The van der Waals surface area contributed by atoms with Crippen LogP contribution in [0.5, 0.6) is 0 Å². The molecule has 0 aromatic heterocycles. The quantitative estimate of drug-likeness (QED) is 0.633.